The van der Waals surface area contributed by atoms with Crippen LogP contribution in [0.4, 0.5) is 0 Å². The molecule has 0 amide bonds. The Balaban J connectivity index is -0.0000000380. The molecule has 1 aliphatic rings. The van der Waals surface area contributed by atoms with Crippen molar-refractivity contribution in [3.05, 3.63) is 82.4 Å². The monoisotopic (exact) mass is 314 g/mol. The molecule has 1 rings (SSSR count). The fourth-order valence-corrected chi connectivity index (χ4v) is 0.417. The van der Waals surface area contributed by atoms with E-state index in [0.29, 0.717) is 0 Å². The minimum absolute atomic E-state index is 0. The molecule has 0 aromatic rings. The Morgan fingerprint density at radius 3 is 1.29 bits per heavy atom. The summed E-state index contributed by atoms with van der Waals surface area (Å²) < 4.78 is 22.5. The van der Waals surface area contributed by atoms with Gasteiger partial charge in [0.2, 0.25) is 0 Å². The molecule has 0 aromatic carbocycles. The molecule has 0 bridgehead atoms. The van der Waals surface area contributed by atoms with Crippen LogP contribution in [-0.2, 0) is 35.0 Å². The molecular weight excluding hydrogens is 300 g/mol. The van der Waals surface area contributed by atoms with Crippen LogP contribution < -0.4 is 0 Å². The first kappa shape index (κ1) is 29.6. The van der Waals surface area contributed by atoms with Crippen molar-refractivity contribution in [3.8, 4) is 0 Å². The van der Waals surface area contributed by atoms with Crippen LogP contribution in [0.3, 0.4) is 0 Å². The van der Waals surface area contributed by atoms with Crippen molar-refractivity contribution in [1.82, 2.24) is 0 Å². The van der Waals surface area contributed by atoms with E-state index in [-0.39, 0.29) is 21.1 Å². The maximum Gasteiger partial charge on any atom is 0.00506 e. The largest absolute Gasteiger partial charge is 0.0767 e. The third kappa shape index (κ3) is 72.6. The molecule has 17 heavy (non-hydrogen) atoms. The molecule has 0 saturated heterocycles. The molecule has 0 saturated carbocycles. The smallest absolute Gasteiger partial charge is 0.00506 e. The number of allylic oxidation sites excluding steroid dienone is 7. The molecule has 1 radical (unpaired) electrons. The fraction of sp³-hybridized carbons (Fsp3) is 0. The van der Waals surface area contributed by atoms with Gasteiger partial charge in [0.05, 0.1) is 0 Å². The van der Waals surface area contributed by atoms with Crippen molar-refractivity contribution in [2.75, 3.05) is 0 Å². The van der Waals surface area contributed by atoms with Gasteiger partial charge in [-0.15, -0.1) is 6.58 Å². The van der Waals surface area contributed by atoms with Gasteiger partial charge in [-0.2, -0.15) is 6.08 Å². The van der Waals surface area contributed by atoms with Gasteiger partial charge in [-0.25, -0.2) is 19.1 Å². The summed E-state index contributed by atoms with van der Waals surface area (Å²) in [6.07, 6.45) is 15.2. The molecule has 0 spiro atoms. The van der Waals surface area contributed by atoms with Crippen LogP contribution in [0.1, 0.15) is 0 Å². The molecule has 89 valence electrons. The second-order valence-electron chi connectivity index (χ2n) is 1.63. The summed E-state index contributed by atoms with van der Waals surface area (Å²) in [5, 5.41) is 0. The van der Waals surface area contributed by atoms with Crippen LogP contribution in [0, 0.1) is 33.3 Å². The summed E-state index contributed by atoms with van der Waals surface area (Å²) >= 11 is 0. The zero-order chi connectivity index (χ0) is 13.7. The van der Waals surface area contributed by atoms with Crippen molar-refractivity contribution in [2.24, 2.45) is 0 Å². The second kappa shape index (κ2) is 61.3. The van der Waals surface area contributed by atoms with Gasteiger partial charge < -0.3 is 0 Å². The molecule has 0 heterocycles. The summed E-state index contributed by atoms with van der Waals surface area (Å²) in [5.74, 6) is 0. The number of hydrogen-bond donors (Lipinski definition) is 0. The first-order valence-corrected chi connectivity index (χ1v) is 3.76. The molecule has 0 aromatic heterocycles. The Morgan fingerprint density at radius 1 is 0.882 bits per heavy atom. The normalized spacial score (nSPS) is 8.12. The fourth-order valence-electron chi connectivity index (χ4n) is 0.417. The Hall–Kier alpha value is -1.26. The first-order valence-electron chi connectivity index (χ1n) is 3.76. The van der Waals surface area contributed by atoms with Crippen molar-refractivity contribution >= 4 is 0 Å². The van der Waals surface area contributed by atoms with Gasteiger partial charge in [0.25, 0.3) is 0 Å². The third-order valence-corrected chi connectivity index (χ3v) is 0.828. The molecular formula is C13H12MoO3-. The van der Waals surface area contributed by atoms with Crippen molar-refractivity contribution in [3.63, 3.8) is 0 Å². The maximum absolute atomic E-state index is 7.50. The molecule has 0 fully saturated rings. The number of rotatable bonds is 1. The molecule has 0 unspecified atom stereocenters. The van der Waals surface area contributed by atoms with Gasteiger partial charge in [-0.05, 0) is 0 Å². The summed E-state index contributed by atoms with van der Waals surface area (Å²) in [6.45, 7) is 20.3. The predicted molar refractivity (Wildman–Crippen MR) is 59.1 cm³/mol. The molecule has 0 atom stereocenters. The zero-order valence-corrected chi connectivity index (χ0v) is 11.2. The quantitative estimate of drug-likeness (QED) is 0.309. The average molecular weight is 312 g/mol. The van der Waals surface area contributed by atoms with E-state index in [0.717, 1.165) is 0 Å². The summed E-state index contributed by atoms with van der Waals surface area (Å²) in [6, 6.07) is 0. The van der Waals surface area contributed by atoms with Gasteiger partial charge in [0.15, 0.2) is 0 Å². The van der Waals surface area contributed by atoms with E-state index in [4.69, 9.17) is 14.0 Å². The SMILES string of the molecule is C=C/C=C/[CH2-].[C-]#[O+].[C-]#[O+].[C-]#[O+].[CH]1C=CC=C1.[Mo]. The van der Waals surface area contributed by atoms with E-state index in [1.54, 1.807) is 18.2 Å². The van der Waals surface area contributed by atoms with Crippen LogP contribution in [0.5, 0.6) is 0 Å². The van der Waals surface area contributed by atoms with E-state index < -0.39 is 0 Å². The minimum atomic E-state index is 0. The predicted octanol–water partition coefficient (Wildman–Crippen LogP) is 2.76. The molecule has 0 aliphatic heterocycles. The Kier molecular flexibility index (Phi) is 107. The molecule has 0 N–H and O–H groups in total. The topological polar surface area (TPSA) is 59.7 Å². The van der Waals surface area contributed by atoms with Crippen LogP contribution in [0.25, 0.3) is 0 Å². The molecule has 4 heteroatoms. The maximum atomic E-state index is 7.50. The summed E-state index contributed by atoms with van der Waals surface area (Å²) in [4.78, 5) is 0. The Morgan fingerprint density at radius 2 is 1.24 bits per heavy atom. The van der Waals surface area contributed by atoms with Gasteiger partial charge in [0, 0.05) is 27.5 Å². The summed E-state index contributed by atoms with van der Waals surface area (Å²) in [5.41, 5.74) is 0. The van der Waals surface area contributed by atoms with E-state index in [1.165, 1.54) is 0 Å². The third-order valence-electron chi connectivity index (χ3n) is 0.828. The standard InChI is InChI=1S/C5H5.C5H7.3CO.Mo/c1-2-4-5-3-1;1-3-5-4-2;3*1-2;/h1-5H;3-5H,1-2H2;;;;/q;-1;;;;/b;5-3+;;;;. The zero-order valence-electron chi connectivity index (χ0n) is 9.17. The van der Waals surface area contributed by atoms with Crippen molar-refractivity contribution in [2.45, 2.75) is 0 Å². The van der Waals surface area contributed by atoms with E-state index in [9.17, 15) is 0 Å². The van der Waals surface area contributed by atoms with Gasteiger partial charge in [0.1, 0.15) is 0 Å². The van der Waals surface area contributed by atoms with Crippen LogP contribution in [-0.4, -0.2) is 0 Å². The van der Waals surface area contributed by atoms with Crippen LogP contribution in [0.15, 0.2) is 49.1 Å². The summed E-state index contributed by atoms with van der Waals surface area (Å²) in [7, 11) is 0. The number of hydrogen-bond acceptors (Lipinski definition) is 0. The van der Waals surface area contributed by atoms with Crippen LogP contribution >= 0.6 is 0 Å². The van der Waals surface area contributed by atoms with E-state index >= 15 is 0 Å². The minimum Gasteiger partial charge on any atom is -0.0767 e. The Bertz CT molecular complexity index is 231. The second-order valence-corrected chi connectivity index (χ2v) is 1.63. The van der Waals surface area contributed by atoms with E-state index in [2.05, 4.69) is 33.5 Å². The van der Waals surface area contributed by atoms with Crippen molar-refractivity contribution in [1.29, 1.82) is 0 Å². The van der Waals surface area contributed by atoms with Crippen LogP contribution in [0.2, 0.25) is 0 Å². The van der Waals surface area contributed by atoms with Gasteiger partial charge in [-0.3, -0.25) is 0 Å². The molecule has 3 nitrogen and oxygen atoms in total. The Labute approximate surface area is 117 Å². The van der Waals surface area contributed by atoms with E-state index in [1.807, 2.05) is 30.7 Å². The van der Waals surface area contributed by atoms with Crippen molar-refractivity contribution < 1.29 is 35.0 Å². The molecule has 1 aliphatic carbocycles. The average Bonchev–Trinajstić information content (AvgIpc) is 2.97. The van der Waals surface area contributed by atoms with Gasteiger partial charge in [-0.1, -0.05) is 24.3 Å². The van der Waals surface area contributed by atoms with Gasteiger partial charge >= 0.3 is 33.9 Å². The first-order chi connectivity index (χ1) is 7.91.